The van der Waals surface area contributed by atoms with E-state index in [-0.39, 0.29) is 128 Å². The lowest BCUT2D eigenvalue weighted by atomic mass is 9.91. The maximum Gasteiger partial charge on any atom is 0.246 e. The molecular weight excluding hydrogens is 1740 g/mol. The zero-order valence-electron chi connectivity index (χ0n) is 77.6. The molecule has 38 nitrogen and oxygen atoms in total. The minimum atomic E-state index is -2.01. The summed E-state index contributed by atoms with van der Waals surface area (Å²) in [5, 5.41) is 51.4. The molecule has 5 aromatic rings. The van der Waals surface area contributed by atoms with Gasteiger partial charge in [0.25, 0.3) is 0 Å². The van der Waals surface area contributed by atoms with E-state index in [1.54, 1.807) is 74.6 Å². The number of hydrogen-bond donors (Lipinski definition) is 20. The number of amides is 16. The summed E-state index contributed by atoms with van der Waals surface area (Å²) in [5.41, 5.74) is 24.2. The molecule has 0 unspecified atom stereocenters. The van der Waals surface area contributed by atoms with Crippen LogP contribution in [0.3, 0.4) is 0 Å². The second kappa shape index (κ2) is 52.5. The maximum atomic E-state index is 16.4. The first kappa shape index (κ1) is 109. The van der Waals surface area contributed by atoms with Gasteiger partial charge in [0.05, 0.1) is 25.0 Å². The Morgan fingerprint density at radius 3 is 1.76 bits per heavy atom. The molecule has 132 heavy (non-hydrogen) atoms. The number of carbonyl (C=O) groups is 17. The molecule has 13 atom stereocenters. The van der Waals surface area contributed by atoms with Gasteiger partial charge in [-0.05, 0) is 177 Å². The van der Waals surface area contributed by atoms with Crippen LogP contribution in [0.5, 0.6) is 5.75 Å². The quantitative estimate of drug-likeness (QED) is 0.0193. The summed E-state index contributed by atoms with van der Waals surface area (Å²) in [7, 11) is 1.83. The molecule has 1 fully saturated rings. The number of ketones is 1. The predicted molar refractivity (Wildman–Crippen MR) is 503 cm³/mol. The van der Waals surface area contributed by atoms with E-state index >= 15 is 28.8 Å². The van der Waals surface area contributed by atoms with E-state index in [4.69, 9.17) is 27.7 Å². The number of aliphatic hydroxyl groups is 1. The molecule has 40 heteroatoms. The van der Waals surface area contributed by atoms with E-state index in [9.17, 15) is 57.8 Å². The van der Waals surface area contributed by atoms with E-state index in [2.05, 4.69) is 79.4 Å². The summed E-state index contributed by atoms with van der Waals surface area (Å²) in [4.78, 5) is 248. The maximum absolute atomic E-state index is 16.4. The molecule has 1 aliphatic rings. The molecular formula is C92H135N19O19S2. The van der Waals surface area contributed by atoms with Crippen molar-refractivity contribution in [3.8, 4) is 5.75 Å². The Morgan fingerprint density at radius 1 is 0.561 bits per heavy atom. The summed E-state index contributed by atoms with van der Waals surface area (Å²) < 4.78 is 2.60. The molecule has 16 amide bonds. The number of Topliss-reactive ketones (excluding diaryl/α,β-unsaturated/α-hetero) is 1. The average Bonchev–Trinajstić information content (AvgIpc) is 0.903. The smallest absolute Gasteiger partial charge is 0.246 e. The topological polar surface area (TPSA) is 608 Å². The Hall–Kier alpha value is -11.7. The van der Waals surface area contributed by atoms with Gasteiger partial charge in [-0.3, -0.25) is 81.5 Å². The van der Waals surface area contributed by atoms with Crippen LogP contribution in [0.1, 0.15) is 196 Å². The van der Waals surface area contributed by atoms with E-state index in [1.807, 2.05) is 51.1 Å². The van der Waals surface area contributed by atoms with Crippen LogP contribution >= 0.6 is 21.6 Å². The second-order valence-electron chi connectivity index (χ2n) is 35.2. The largest absolute Gasteiger partial charge is 0.492 e. The molecule has 0 radical (unpaired) electrons. The van der Waals surface area contributed by atoms with Crippen LogP contribution in [0.15, 0.2) is 91.1 Å². The van der Waals surface area contributed by atoms with Gasteiger partial charge < -0.3 is 112 Å². The average molecular weight is 1880 g/mol. The van der Waals surface area contributed by atoms with Gasteiger partial charge in [0.1, 0.15) is 78.3 Å². The van der Waals surface area contributed by atoms with E-state index in [0.29, 0.717) is 40.7 Å². The number of aromatic nitrogens is 1. The van der Waals surface area contributed by atoms with Gasteiger partial charge in [-0.25, -0.2) is 0 Å². The van der Waals surface area contributed by atoms with E-state index in [1.165, 1.54) is 41.5 Å². The Kier molecular flexibility index (Phi) is 43.3. The van der Waals surface area contributed by atoms with Gasteiger partial charge in [-0.15, -0.1) is 0 Å². The van der Waals surface area contributed by atoms with Crippen LogP contribution in [-0.4, -0.2) is 231 Å². The fraction of sp³-hybridized carbons (Fsp3) is 0.554. The summed E-state index contributed by atoms with van der Waals surface area (Å²) in [6, 6.07) is 6.38. The molecule has 1 aliphatic heterocycles. The Balaban J connectivity index is 1.55. The first-order chi connectivity index (χ1) is 62.3. The number of primary amides is 2. The molecule has 1 aromatic heterocycles. The van der Waals surface area contributed by atoms with E-state index in [0.717, 1.165) is 63.7 Å². The fourth-order valence-electron chi connectivity index (χ4n) is 15.1. The van der Waals surface area contributed by atoms with Crippen LogP contribution in [0.2, 0.25) is 0 Å². The fourth-order valence-corrected chi connectivity index (χ4v) is 17.9. The molecule has 4 aromatic carbocycles. The van der Waals surface area contributed by atoms with Gasteiger partial charge >= 0.3 is 0 Å². The Labute approximate surface area is 777 Å². The Morgan fingerprint density at radius 2 is 1.14 bits per heavy atom. The van der Waals surface area contributed by atoms with Crippen LogP contribution < -0.4 is 102 Å². The first-order valence-electron chi connectivity index (χ1n) is 44.7. The third-order valence-electron chi connectivity index (χ3n) is 22.3. The van der Waals surface area contributed by atoms with Gasteiger partial charge in [0.15, 0.2) is 5.78 Å². The van der Waals surface area contributed by atoms with Gasteiger partial charge in [0.2, 0.25) is 94.5 Å². The van der Waals surface area contributed by atoms with Crippen LogP contribution in [-0.2, 0) is 107 Å². The number of nitrogens with two attached hydrogens (primary N) is 4. The van der Waals surface area contributed by atoms with Crippen molar-refractivity contribution < 1.29 is 91.4 Å². The molecule has 0 aliphatic carbocycles. The SMILES string of the molecule is CCCc1cccc2c(C[C@@H]3NC(=O)[C@H]([C@@H](C)O)NC(=O)[C@H](CC(N)=O)NC(=O)[C@@H](NC(C)=O)C(C)(C)SSC(C)(C)[C@@H](C(=O)N[C@@H](Cc4ccc(OCCN)cc4)C(=O)N[C@@H](Cc4ccc5ccccc5c4)C(=O)N[C@@](C)(CCCCN)C(=O)N[C@@H](CCCCNC(C)=O)C(=O)N[C@@H](CC(N)=O)C(=O)N[C@H](CC(C)C)C(C)=O)NC(=O)[C@H](CCCCNC(C)=O)NC3=O)c[nH]c12. The minimum absolute atomic E-state index is 0.0750. The highest BCUT2D eigenvalue weighted by atomic mass is 33.1. The molecule has 0 spiro atoms. The van der Waals surface area contributed by atoms with Crippen molar-refractivity contribution >= 4 is 144 Å². The third-order valence-corrected chi connectivity index (χ3v) is 26.5. The molecule has 0 saturated carbocycles. The molecule has 2 heterocycles. The minimum Gasteiger partial charge on any atom is -0.492 e. The number of ether oxygens (including phenoxy) is 1. The van der Waals surface area contributed by atoms with Crippen molar-refractivity contribution in [1.29, 1.82) is 0 Å². The molecule has 6 rings (SSSR count). The number of carbonyl (C=O) groups excluding carboxylic acids is 17. The Bertz CT molecular complexity index is 4870. The monoisotopic (exact) mass is 1870 g/mol. The van der Waals surface area contributed by atoms with Crippen molar-refractivity contribution in [2.24, 2.45) is 28.9 Å². The number of benzene rings is 4. The zero-order chi connectivity index (χ0) is 97.9. The second-order valence-corrected chi connectivity index (χ2v) is 38.7. The number of aryl methyl sites for hydroxylation is 1. The predicted octanol–water partition coefficient (Wildman–Crippen LogP) is 1.33. The third kappa shape index (κ3) is 34.8. The van der Waals surface area contributed by atoms with Crippen molar-refractivity contribution in [3.05, 3.63) is 113 Å². The summed E-state index contributed by atoms with van der Waals surface area (Å²) in [5.74, 6) is -15.0. The lowest BCUT2D eigenvalue weighted by Crippen LogP contribution is -2.65. The van der Waals surface area contributed by atoms with Crippen molar-refractivity contribution in [3.63, 3.8) is 0 Å². The number of aliphatic hydroxyl groups excluding tert-OH is 1. The number of hydrogen-bond acceptors (Lipinski definition) is 23. The van der Waals surface area contributed by atoms with Gasteiger partial charge in [-0.2, -0.15) is 0 Å². The van der Waals surface area contributed by atoms with Crippen LogP contribution in [0.25, 0.3) is 21.7 Å². The van der Waals surface area contributed by atoms with Crippen molar-refractivity contribution in [2.45, 2.75) is 287 Å². The number of H-pyrrole nitrogens is 1. The normalized spacial score (nSPS) is 19.2. The lowest BCUT2D eigenvalue weighted by Gasteiger charge is -2.39. The number of rotatable bonds is 46. The number of aromatic amines is 1. The highest BCUT2D eigenvalue weighted by Gasteiger charge is 2.47. The lowest BCUT2D eigenvalue weighted by molar-refractivity contribution is -0.138. The summed E-state index contributed by atoms with van der Waals surface area (Å²) in [6.07, 6.45) is -0.299. The molecule has 724 valence electrons. The zero-order valence-corrected chi connectivity index (χ0v) is 79.3. The molecule has 0 bridgehead atoms. The number of fused-ring (bicyclic) bond motifs is 2. The van der Waals surface area contributed by atoms with Crippen molar-refractivity contribution in [2.75, 3.05) is 32.8 Å². The molecule has 1 saturated heterocycles. The highest BCUT2D eigenvalue weighted by Crippen LogP contribution is 2.47. The van der Waals surface area contributed by atoms with Gasteiger partial charge in [-0.1, -0.05) is 122 Å². The van der Waals surface area contributed by atoms with Gasteiger partial charge in [0, 0.05) is 86.3 Å². The van der Waals surface area contributed by atoms with Crippen LogP contribution in [0, 0.1) is 5.92 Å². The highest BCUT2D eigenvalue weighted by molar-refractivity contribution is 8.77. The van der Waals surface area contributed by atoms with Crippen molar-refractivity contribution in [1.82, 2.24) is 79.4 Å². The van der Waals surface area contributed by atoms with Crippen LogP contribution in [0.4, 0.5) is 0 Å². The number of nitrogens with one attached hydrogen (secondary N) is 15. The number of para-hydroxylation sites is 1. The number of unbranched alkanes of at least 4 members (excludes halogenated alkanes) is 3. The molecule has 24 N–H and O–H groups in total. The first-order valence-corrected chi connectivity index (χ1v) is 46.9. The summed E-state index contributed by atoms with van der Waals surface area (Å²) in [6.45, 7) is 20.0. The standard InChI is InChI=1S/C92H135N19O19S2/c1-14-24-60-27-23-28-64-62(50-99-76(60)64)47-70-82(122)101-65(29-17-21-40-97-54(6)114)80(120)110-78(91(11,12)132-131-90(9,10)77(100-56(8)116)87(127)107-72(49-74(96)118)84(124)109-75(53(5)113)86(126)105-70)88(128)106-68(45-57-32-35-63(36-33-57)130-42-39-94)81(121)103-69(46-58-31-34-59-25-15-16-26-61(59)44-58)85(125)111-92(13,37-19-20-38-93)89(129)108-66(30-18-22-41-98-55(7)115)79(119)104-71(48-73(95)117)83(123)102-67(52(4)112)43-51(2)3/h15-16,23,25-28,31-36,44,50-51,53,65-72,75,77-78,99,113H,14,17-22,24,29-30,37-43,45-49,93-94H2,1-13H3,(H2,95,117)(H2,96,118)(H,97,114)(H,98,115)(H,100,116)(H,101,122)(H,102,123)(H,103,121)(H,104,119)(H,105,126)(H,106,128)(H,107,127)(H,108,129)(H,109,124)(H,110,120)(H,111,125)/t53-,65+,66+,67-,68+,69+,70+,71+,72+,75+,77-,78-,92+/m1/s1. The van der Waals surface area contributed by atoms with E-state index < -0.39 is 189 Å². The summed E-state index contributed by atoms with van der Waals surface area (Å²) >= 11 is 0.